The molecule has 3 heterocycles. The van der Waals surface area contributed by atoms with Gasteiger partial charge in [-0.1, -0.05) is 0 Å². The first-order chi connectivity index (χ1) is 12.8. The summed E-state index contributed by atoms with van der Waals surface area (Å²) in [5.41, 5.74) is -0.0875. The summed E-state index contributed by atoms with van der Waals surface area (Å²) in [5.74, 6) is 1.57. The Bertz CT molecular complexity index is 544. The Labute approximate surface area is 163 Å². The quantitative estimate of drug-likeness (QED) is 0.588. The summed E-state index contributed by atoms with van der Waals surface area (Å²) in [6.07, 6.45) is 4.18. The number of carbonyl (C=O) groups excluding carboxylic acids is 1. The highest BCUT2D eigenvalue weighted by atomic mass is 16.6. The van der Waals surface area contributed by atoms with Gasteiger partial charge in [0.15, 0.2) is 5.96 Å². The van der Waals surface area contributed by atoms with Crippen molar-refractivity contribution in [1.29, 1.82) is 0 Å². The van der Waals surface area contributed by atoms with Crippen LogP contribution in [0.3, 0.4) is 0 Å². The van der Waals surface area contributed by atoms with Gasteiger partial charge in [-0.2, -0.15) is 0 Å². The third-order valence-electron chi connectivity index (χ3n) is 5.95. The summed E-state index contributed by atoms with van der Waals surface area (Å²) < 4.78 is 11.1. The van der Waals surface area contributed by atoms with E-state index in [4.69, 9.17) is 9.47 Å². The Morgan fingerprint density at radius 3 is 2.56 bits per heavy atom. The van der Waals surface area contributed by atoms with E-state index >= 15 is 0 Å². The van der Waals surface area contributed by atoms with Gasteiger partial charge in [0.2, 0.25) is 0 Å². The van der Waals surface area contributed by atoms with Crippen molar-refractivity contribution in [2.75, 3.05) is 53.0 Å². The van der Waals surface area contributed by atoms with Crippen LogP contribution in [0.4, 0.5) is 4.79 Å². The van der Waals surface area contributed by atoms with Gasteiger partial charge in [-0.05, 0) is 52.4 Å². The predicted octanol–water partition coefficient (Wildman–Crippen LogP) is 2.32. The molecule has 7 heteroatoms. The third-order valence-corrected chi connectivity index (χ3v) is 5.95. The highest BCUT2D eigenvalue weighted by Gasteiger charge is 2.42. The first-order valence-electron chi connectivity index (χ1n) is 10.3. The van der Waals surface area contributed by atoms with Crippen molar-refractivity contribution in [1.82, 2.24) is 15.1 Å². The molecule has 3 aliphatic rings. The van der Waals surface area contributed by atoms with Crippen LogP contribution in [0.5, 0.6) is 0 Å². The van der Waals surface area contributed by atoms with Crippen molar-refractivity contribution in [3.63, 3.8) is 0 Å². The lowest BCUT2D eigenvalue weighted by atomic mass is 9.87. The minimum Gasteiger partial charge on any atom is -0.444 e. The second-order valence-electron chi connectivity index (χ2n) is 9.31. The lowest BCUT2D eigenvalue weighted by Gasteiger charge is -2.34. The Kier molecular flexibility index (Phi) is 6.18. The van der Waals surface area contributed by atoms with E-state index in [1.165, 1.54) is 12.8 Å². The molecule has 0 aliphatic carbocycles. The van der Waals surface area contributed by atoms with Crippen LogP contribution in [-0.2, 0) is 9.47 Å². The molecule has 0 bridgehead atoms. The van der Waals surface area contributed by atoms with E-state index in [-0.39, 0.29) is 6.09 Å². The Morgan fingerprint density at radius 1 is 1.22 bits per heavy atom. The number of carbonyl (C=O) groups is 1. The number of likely N-dealkylation sites (tertiary alicyclic amines) is 2. The van der Waals surface area contributed by atoms with Gasteiger partial charge >= 0.3 is 6.09 Å². The van der Waals surface area contributed by atoms with Crippen LogP contribution in [0.2, 0.25) is 0 Å². The molecule has 0 radical (unpaired) electrons. The summed E-state index contributed by atoms with van der Waals surface area (Å²) in [7, 11) is 1.86. The molecule has 1 N–H and O–H groups in total. The molecule has 0 aromatic carbocycles. The molecule has 1 amide bonds. The Hall–Kier alpha value is -1.50. The number of ether oxygens (including phenoxy) is 2. The molecule has 27 heavy (non-hydrogen) atoms. The van der Waals surface area contributed by atoms with Gasteiger partial charge in [-0.25, -0.2) is 4.79 Å². The summed E-state index contributed by atoms with van der Waals surface area (Å²) in [5, 5.41) is 3.57. The molecule has 1 atom stereocenters. The van der Waals surface area contributed by atoms with E-state index in [2.05, 4.69) is 15.2 Å². The fourth-order valence-corrected chi connectivity index (χ4v) is 4.30. The minimum absolute atomic E-state index is 0.189. The SMILES string of the molecule is CN=C(NCC1CCN(C(=O)OC(C)(C)C)CC1)N1CCC2(CCOC2)C1. The normalized spacial score (nSPS) is 27.5. The van der Waals surface area contributed by atoms with Gasteiger partial charge < -0.3 is 24.6 Å². The average Bonchev–Trinajstić information content (AvgIpc) is 3.25. The highest BCUT2D eigenvalue weighted by Crippen LogP contribution is 2.38. The number of aliphatic imine (C=N–C) groups is 1. The van der Waals surface area contributed by atoms with Crippen molar-refractivity contribution in [2.24, 2.45) is 16.3 Å². The third kappa shape index (κ3) is 5.27. The smallest absolute Gasteiger partial charge is 0.410 e. The topological polar surface area (TPSA) is 66.4 Å². The zero-order chi connectivity index (χ0) is 19.5. The second kappa shape index (κ2) is 8.25. The van der Waals surface area contributed by atoms with E-state index < -0.39 is 5.60 Å². The molecule has 0 aromatic heterocycles. The number of nitrogens with zero attached hydrogens (tertiary/aromatic N) is 3. The Morgan fingerprint density at radius 2 is 1.96 bits per heavy atom. The van der Waals surface area contributed by atoms with Crippen LogP contribution >= 0.6 is 0 Å². The maximum atomic E-state index is 12.2. The molecule has 0 aromatic rings. The largest absolute Gasteiger partial charge is 0.444 e. The molecule has 1 unspecified atom stereocenters. The zero-order valence-corrected chi connectivity index (χ0v) is 17.4. The van der Waals surface area contributed by atoms with Crippen molar-refractivity contribution < 1.29 is 14.3 Å². The monoisotopic (exact) mass is 380 g/mol. The number of hydrogen-bond acceptors (Lipinski definition) is 4. The number of hydrogen-bond donors (Lipinski definition) is 1. The first-order valence-corrected chi connectivity index (χ1v) is 10.3. The fourth-order valence-electron chi connectivity index (χ4n) is 4.30. The molecule has 0 saturated carbocycles. The lowest BCUT2D eigenvalue weighted by Crippen LogP contribution is -2.46. The highest BCUT2D eigenvalue weighted by molar-refractivity contribution is 5.80. The second-order valence-corrected chi connectivity index (χ2v) is 9.31. The summed E-state index contributed by atoms with van der Waals surface area (Å²) in [6.45, 7) is 12.1. The van der Waals surface area contributed by atoms with Gasteiger partial charge in [0.05, 0.1) is 6.61 Å². The molecule has 3 rings (SSSR count). The van der Waals surface area contributed by atoms with E-state index in [1.807, 2.05) is 32.7 Å². The number of rotatable bonds is 2. The van der Waals surface area contributed by atoms with E-state index in [0.29, 0.717) is 11.3 Å². The average molecular weight is 381 g/mol. The first kappa shape index (κ1) is 20.2. The lowest BCUT2D eigenvalue weighted by molar-refractivity contribution is 0.0185. The van der Waals surface area contributed by atoms with Crippen molar-refractivity contribution in [3.05, 3.63) is 0 Å². The summed E-state index contributed by atoms with van der Waals surface area (Å²) in [4.78, 5) is 20.9. The van der Waals surface area contributed by atoms with Crippen molar-refractivity contribution >= 4 is 12.1 Å². The number of piperidine rings is 1. The standard InChI is InChI=1S/C20H36N4O3/c1-19(2,3)27-18(25)23-9-5-16(6-10-23)13-22-17(21-4)24-11-7-20(14-24)8-12-26-15-20/h16H,5-15H2,1-4H3,(H,21,22). The van der Waals surface area contributed by atoms with E-state index in [0.717, 1.165) is 64.7 Å². The van der Waals surface area contributed by atoms with Crippen LogP contribution in [0.15, 0.2) is 4.99 Å². The Balaban J connectivity index is 1.41. The van der Waals surface area contributed by atoms with Gasteiger partial charge in [-0.3, -0.25) is 4.99 Å². The molecule has 3 aliphatic heterocycles. The van der Waals surface area contributed by atoms with Crippen LogP contribution in [-0.4, -0.2) is 80.4 Å². The molecule has 154 valence electrons. The summed E-state index contributed by atoms with van der Waals surface area (Å²) in [6, 6.07) is 0. The van der Waals surface area contributed by atoms with Crippen LogP contribution in [0, 0.1) is 11.3 Å². The molecule has 7 nitrogen and oxygen atoms in total. The predicted molar refractivity (Wildman–Crippen MR) is 106 cm³/mol. The molecule has 3 fully saturated rings. The minimum atomic E-state index is -0.431. The molecule has 3 saturated heterocycles. The van der Waals surface area contributed by atoms with Crippen LogP contribution < -0.4 is 5.32 Å². The maximum absolute atomic E-state index is 12.2. The molecule has 1 spiro atoms. The van der Waals surface area contributed by atoms with Crippen molar-refractivity contribution in [2.45, 2.75) is 52.1 Å². The summed E-state index contributed by atoms with van der Waals surface area (Å²) >= 11 is 0. The van der Waals surface area contributed by atoms with Crippen LogP contribution in [0.1, 0.15) is 46.5 Å². The van der Waals surface area contributed by atoms with E-state index in [9.17, 15) is 4.79 Å². The zero-order valence-electron chi connectivity index (χ0n) is 17.4. The number of amides is 1. The van der Waals surface area contributed by atoms with Gasteiger partial charge in [-0.15, -0.1) is 0 Å². The molecular weight excluding hydrogens is 344 g/mol. The van der Waals surface area contributed by atoms with Gasteiger partial charge in [0.1, 0.15) is 5.60 Å². The van der Waals surface area contributed by atoms with Crippen LogP contribution in [0.25, 0.3) is 0 Å². The van der Waals surface area contributed by atoms with E-state index in [1.54, 1.807) is 0 Å². The molecular formula is C20H36N4O3. The van der Waals surface area contributed by atoms with Gasteiger partial charge in [0, 0.05) is 51.8 Å². The maximum Gasteiger partial charge on any atom is 0.410 e. The number of guanidine groups is 1. The number of nitrogens with one attached hydrogen (secondary N) is 1. The van der Waals surface area contributed by atoms with Gasteiger partial charge in [0.25, 0.3) is 0 Å². The fraction of sp³-hybridized carbons (Fsp3) is 0.900. The van der Waals surface area contributed by atoms with Crippen molar-refractivity contribution in [3.8, 4) is 0 Å².